The number of Topliss-reactive ketones (excluding diaryl/α,β-unsaturated/α-hetero) is 1. The van der Waals surface area contributed by atoms with Gasteiger partial charge in [0.05, 0.1) is 11.4 Å². The summed E-state index contributed by atoms with van der Waals surface area (Å²) >= 11 is 0. The lowest BCUT2D eigenvalue weighted by Gasteiger charge is -2.28. The molecule has 1 aliphatic carbocycles. The van der Waals surface area contributed by atoms with Gasteiger partial charge >= 0.3 is 0 Å². The van der Waals surface area contributed by atoms with Crippen LogP contribution in [0.15, 0.2) is 60.9 Å². The molecule has 1 aliphatic rings. The van der Waals surface area contributed by atoms with Crippen LogP contribution in [0.5, 0.6) is 11.5 Å². The molecule has 1 fully saturated rings. The summed E-state index contributed by atoms with van der Waals surface area (Å²) in [7, 11) is 0. The van der Waals surface area contributed by atoms with Crippen LogP contribution in [-0.2, 0) is 4.79 Å². The van der Waals surface area contributed by atoms with Crippen LogP contribution in [0, 0.1) is 5.92 Å². The Bertz CT molecular complexity index is 1270. The minimum Gasteiger partial charge on any atom is -0.457 e. The first-order valence-electron chi connectivity index (χ1n) is 11.1. The molecule has 168 valence electrons. The molecule has 2 aromatic heterocycles. The quantitative estimate of drug-likeness (QED) is 0.460. The van der Waals surface area contributed by atoms with Gasteiger partial charge in [0.15, 0.2) is 11.4 Å². The van der Waals surface area contributed by atoms with Crippen molar-refractivity contribution in [3.8, 4) is 22.8 Å². The van der Waals surface area contributed by atoms with Crippen LogP contribution >= 0.6 is 0 Å². The average Bonchev–Trinajstić information content (AvgIpc) is 3.26. The Labute approximate surface area is 191 Å². The lowest BCUT2D eigenvalue weighted by atomic mass is 9.83. The largest absolute Gasteiger partial charge is 0.457 e. The van der Waals surface area contributed by atoms with Gasteiger partial charge in [-0.25, -0.2) is 14.6 Å². The molecule has 8 heteroatoms. The van der Waals surface area contributed by atoms with Gasteiger partial charge in [-0.3, -0.25) is 4.79 Å². The van der Waals surface area contributed by atoms with Gasteiger partial charge < -0.3 is 15.6 Å². The summed E-state index contributed by atoms with van der Waals surface area (Å²) < 4.78 is 7.78. The fourth-order valence-corrected chi connectivity index (χ4v) is 4.57. The third-order valence-corrected chi connectivity index (χ3v) is 6.23. The number of aromatic nitrogens is 4. The van der Waals surface area contributed by atoms with Crippen molar-refractivity contribution >= 4 is 22.6 Å². The number of carbonyl (C=O) groups excluding carboxylic acids is 1. The van der Waals surface area contributed by atoms with Crippen molar-refractivity contribution in [1.82, 2.24) is 19.7 Å². The van der Waals surface area contributed by atoms with Gasteiger partial charge in [0.2, 0.25) is 0 Å². The third kappa shape index (κ3) is 4.17. The summed E-state index contributed by atoms with van der Waals surface area (Å²) in [6, 6.07) is 17.3. The zero-order valence-corrected chi connectivity index (χ0v) is 18.1. The Morgan fingerprint density at radius 3 is 2.58 bits per heavy atom. The first-order valence-corrected chi connectivity index (χ1v) is 11.1. The number of anilines is 1. The number of aliphatic hydroxyl groups is 1. The molecular weight excluding hydrogens is 418 g/mol. The van der Waals surface area contributed by atoms with Crippen LogP contribution in [0.3, 0.4) is 0 Å². The molecule has 2 aromatic carbocycles. The number of nitrogen functional groups attached to an aromatic ring is 1. The molecule has 0 radical (unpaired) electrons. The molecule has 3 N–H and O–H groups in total. The number of carbonyl (C=O) groups is 1. The maximum absolute atomic E-state index is 12.1. The van der Waals surface area contributed by atoms with Crippen molar-refractivity contribution in [2.24, 2.45) is 5.92 Å². The fraction of sp³-hybridized carbons (Fsp3) is 0.280. The van der Waals surface area contributed by atoms with E-state index in [9.17, 15) is 9.90 Å². The lowest BCUT2D eigenvalue weighted by molar-refractivity contribution is -0.127. The highest BCUT2D eigenvalue weighted by atomic mass is 16.5. The van der Waals surface area contributed by atoms with Gasteiger partial charge in [-0.05, 0) is 55.7 Å². The summed E-state index contributed by atoms with van der Waals surface area (Å²) in [6.07, 6.45) is 4.64. The maximum atomic E-state index is 12.1. The normalized spacial score (nSPS) is 18.3. The van der Waals surface area contributed by atoms with Gasteiger partial charge in [-0.15, -0.1) is 0 Å². The van der Waals surface area contributed by atoms with E-state index in [2.05, 4.69) is 9.97 Å². The first-order chi connectivity index (χ1) is 16.1. The van der Waals surface area contributed by atoms with Crippen LogP contribution in [0.4, 0.5) is 5.82 Å². The minimum absolute atomic E-state index is 0.00508. The zero-order chi connectivity index (χ0) is 22.8. The van der Waals surface area contributed by atoms with E-state index in [0.29, 0.717) is 29.0 Å². The first kappa shape index (κ1) is 21.1. The van der Waals surface area contributed by atoms with Crippen LogP contribution in [-0.4, -0.2) is 37.2 Å². The second-order valence-electron chi connectivity index (χ2n) is 8.33. The van der Waals surface area contributed by atoms with Crippen LogP contribution in [0.1, 0.15) is 31.7 Å². The monoisotopic (exact) mass is 443 g/mol. The predicted molar refractivity (Wildman–Crippen MR) is 125 cm³/mol. The van der Waals surface area contributed by atoms with E-state index in [1.807, 2.05) is 59.3 Å². The van der Waals surface area contributed by atoms with Gasteiger partial charge in [0, 0.05) is 11.5 Å². The van der Waals surface area contributed by atoms with E-state index in [1.165, 1.54) is 6.33 Å². The second-order valence-corrected chi connectivity index (χ2v) is 8.33. The molecule has 4 aromatic rings. The van der Waals surface area contributed by atoms with Gasteiger partial charge in [-0.1, -0.05) is 24.6 Å². The lowest BCUT2D eigenvalue weighted by Crippen LogP contribution is -2.27. The molecule has 2 heterocycles. The van der Waals surface area contributed by atoms with Gasteiger partial charge in [0.25, 0.3) is 0 Å². The van der Waals surface area contributed by atoms with Crippen molar-refractivity contribution in [3.05, 3.63) is 60.9 Å². The van der Waals surface area contributed by atoms with Crippen molar-refractivity contribution in [2.45, 2.75) is 31.7 Å². The zero-order valence-electron chi connectivity index (χ0n) is 18.1. The molecule has 0 aliphatic heterocycles. The van der Waals surface area contributed by atoms with Crippen molar-refractivity contribution in [3.63, 3.8) is 0 Å². The molecule has 0 bridgehead atoms. The number of benzene rings is 2. The fourth-order valence-electron chi connectivity index (χ4n) is 4.57. The van der Waals surface area contributed by atoms with E-state index in [-0.39, 0.29) is 17.7 Å². The standard InChI is InChI=1S/C25H25N5O3/c26-24-22-23(16-9-11-20(12-10-16)33-19-7-2-1-3-8-19)29-30(25(22)28-15-27-24)18-6-4-5-17(13-18)21(32)14-31/h1-3,7-12,15,17-18,31H,4-6,13-14H2,(H2,26,27,28)/t17?,18-/m1/s1. The van der Waals surface area contributed by atoms with Crippen molar-refractivity contribution in [2.75, 3.05) is 12.3 Å². The maximum Gasteiger partial charge on any atom is 0.164 e. The van der Waals surface area contributed by atoms with Crippen LogP contribution in [0.25, 0.3) is 22.3 Å². The predicted octanol–water partition coefficient (Wildman–Crippen LogP) is 4.16. The number of ether oxygens (including phenoxy) is 1. The topological polar surface area (TPSA) is 116 Å². The number of aliphatic hydroxyl groups excluding tert-OH is 1. The molecular formula is C25H25N5O3. The Morgan fingerprint density at radius 1 is 1.06 bits per heavy atom. The minimum atomic E-state index is -0.422. The van der Waals surface area contributed by atoms with E-state index in [0.717, 1.165) is 36.3 Å². The van der Waals surface area contributed by atoms with Gasteiger partial charge in [-0.2, -0.15) is 5.10 Å². The number of para-hydroxylation sites is 1. The van der Waals surface area contributed by atoms with E-state index in [1.54, 1.807) is 0 Å². The molecule has 8 nitrogen and oxygen atoms in total. The van der Waals surface area contributed by atoms with E-state index >= 15 is 0 Å². The van der Waals surface area contributed by atoms with E-state index < -0.39 is 6.61 Å². The summed E-state index contributed by atoms with van der Waals surface area (Å²) in [6.45, 7) is -0.422. The van der Waals surface area contributed by atoms with Crippen LogP contribution < -0.4 is 10.5 Å². The second kappa shape index (κ2) is 8.99. The van der Waals surface area contributed by atoms with Crippen molar-refractivity contribution < 1.29 is 14.6 Å². The SMILES string of the molecule is Nc1ncnc2c1c(-c1ccc(Oc3ccccc3)cc1)nn2[C@@H]1CCCC(C(=O)CO)C1. The Kier molecular flexibility index (Phi) is 5.75. The summed E-state index contributed by atoms with van der Waals surface area (Å²) in [5.41, 5.74) is 8.48. The summed E-state index contributed by atoms with van der Waals surface area (Å²) in [4.78, 5) is 20.8. The summed E-state index contributed by atoms with van der Waals surface area (Å²) in [5, 5.41) is 14.9. The Morgan fingerprint density at radius 2 is 1.82 bits per heavy atom. The number of hydrogen-bond donors (Lipinski definition) is 2. The number of fused-ring (bicyclic) bond motifs is 1. The number of rotatable bonds is 6. The smallest absolute Gasteiger partial charge is 0.164 e. The number of nitrogens with two attached hydrogens (primary N) is 1. The highest BCUT2D eigenvalue weighted by molar-refractivity contribution is 5.98. The molecule has 1 unspecified atom stereocenters. The molecule has 0 saturated heterocycles. The van der Waals surface area contributed by atoms with Crippen LogP contribution in [0.2, 0.25) is 0 Å². The molecule has 0 spiro atoms. The molecule has 33 heavy (non-hydrogen) atoms. The highest BCUT2D eigenvalue weighted by Crippen LogP contribution is 2.38. The molecule has 2 atom stereocenters. The van der Waals surface area contributed by atoms with Crippen molar-refractivity contribution in [1.29, 1.82) is 0 Å². The number of hydrogen-bond acceptors (Lipinski definition) is 7. The average molecular weight is 444 g/mol. The van der Waals surface area contributed by atoms with E-state index in [4.69, 9.17) is 15.6 Å². The third-order valence-electron chi connectivity index (χ3n) is 6.23. The Hall–Kier alpha value is -3.78. The highest BCUT2D eigenvalue weighted by Gasteiger charge is 2.30. The van der Waals surface area contributed by atoms with Gasteiger partial charge in [0.1, 0.15) is 35.9 Å². The molecule has 0 amide bonds. The number of nitrogens with zero attached hydrogens (tertiary/aromatic N) is 4. The molecule has 5 rings (SSSR count). The Balaban J connectivity index is 1.49. The summed E-state index contributed by atoms with van der Waals surface area (Å²) in [5.74, 6) is 1.58. The molecule has 1 saturated carbocycles. The number of ketones is 1.